The molecule has 0 aliphatic rings. The Bertz CT molecular complexity index is 687. The second-order valence-electron chi connectivity index (χ2n) is 4.63. The maximum Gasteiger partial charge on any atom is 0.115 e. The molecule has 0 radical (unpaired) electrons. The van der Waals surface area contributed by atoms with E-state index in [9.17, 15) is 5.11 Å². The van der Waals surface area contributed by atoms with Gasteiger partial charge in [-0.05, 0) is 59.7 Å². The van der Waals surface area contributed by atoms with Crippen LogP contribution in [0.3, 0.4) is 0 Å². The van der Waals surface area contributed by atoms with Crippen LogP contribution < -0.4 is 5.32 Å². The lowest BCUT2D eigenvalue weighted by Gasteiger charge is -2.16. The Morgan fingerprint density at radius 2 is 1.84 bits per heavy atom. The lowest BCUT2D eigenvalue weighted by atomic mass is 10.1. The number of rotatable bonds is 3. The predicted octanol–water partition coefficient (Wildman–Crippen LogP) is 4.78. The van der Waals surface area contributed by atoms with E-state index in [1.807, 2.05) is 12.1 Å². The summed E-state index contributed by atoms with van der Waals surface area (Å²) in [6, 6.07) is 16.1. The maximum absolute atomic E-state index is 9.30. The molecule has 0 spiro atoms. The minimum atomic E-state index is 0.205. The highest BCUT2D eigenvalue weighted by Gasteiger charge is 2.06. The summed E-state index contributed by atoms with van der Waals surface area (Å²) in [5, 5.41) is 16.2. The van der Waals surface area contributed by atoms with Crippen molar-refractivity contribution in [1.29, 1.82) is 0 Å². The van der Waals surface area contributed by atoms with Crippen LogP contribution in [0.15, 0.2) is 53.9 Å². The molecule has 3 rings (SSSR count). The van der Waals surface area contributed by atoms with E-state index in [1.165, 1.54) is 10.1 Å². The molecule has 0 fully saturated rings. The van der Waals surface area contributed by atoms with E-state index in [0.29, 0.717) is 5.75 Å². The lowest BCUT2D eigenvalue weighted by Crippen LogP contribution is -2.06. The van der Waals surface area contributed by atoms with Crippen molar-refractivity contribution in [2.75, 3.05) is 5.32 Å². The topological polar surface area (TPSA) is 32.3 Å². The number of nitrogens with one attached hydrogen (secondary N) is 1. The summed E-state index contributed by atoms with van der Waals surface area (Å²) in [4.78, 5) is 0. The van der Waals surface area contributed by atoms with E-state index in [4.69, 9.17) is 0 Å². The second kappa shape index (κ2) is 4.94. The molecule has 19 heavy (non-hydrogen) atoms. The van der Waals surface area contributed by atoms with Crippen molar-refractivity contribution in [3.8, 4) is 5.75 Å². The Balaban J connectivity index is 1.81. The van der Waals surface area contributed by atoms with Gasteiger partial charge in [-0.3, -0.25) is 0 Å². The number of benzene rings is 2. The zero-order chi connectivity index (χ0) is 13.2. The first-order valence-electron chi connectivity index (χ1n) is 6.25. The molecule has 0 saturated heterocycles. The molecule has 1 unspecified atom stereocenters. The molecule has 0 bridgehead atoms. The molecule has 0 aliphatic heterocycles. The van der Waals surface area contributed by atoms with Gasteiger partial charge in [0, 0.05) is 16.4 Å². The molecule has 3 heteroatoms. The van der Waals surface area contributed by atoms with Crippen molar-refractivity contribution in [1.82, 2.24) is 0 Å². The van der Waals surface area contributed by atoms with Gasteiger partial charge in [-0.25, -0.2) is 0 Å². The molecular weight excluding hydrogens is 254 g/mol. The van der Waals surface area contributed by atoms with Crippen LogP contribution in [0.5, 0.6) is 5.75 Å². The number of hydrogen-bond acceptors (Lipinski definition) is 3. The highest BCUT2D eigenvalue weighted by Crippen LogP contribution is 2.26. The maximum atomic E-state index is 9.30. The Morgan fingerprint density at radius 3 is 2.63 bits per heavy atom. The van der Waals surface area contributed by atoms with Crippen LogP contribution in [0.25, 0.3) is 10.1 Å². The van der Waals surface area contributed by atoms with Crippen molar-refractivity contribution in [2.24, 2.45) is 0 Å². The van der Waals surface area contributed by atoms with E-state index in [2.05, 4.69) is 41.9 Å². The summed E-state index contributed by atoms with van der Waals surface area (Å²) in [7, 11) is 0. The normalized spacial score (nSPS) is 12.5. The molecular formula is C16H15NOS. The van der Waals surface area contributed by atoms with Gasteiger partial charge in [0.05, 0.1) is 0 Å². The largest absolute Gasteiger partial charge is 0.508 e. The molecule has 1 heterocycles. The van der Waals surface area contributed by atoms with Crippen LogP contribution in [-0.2, 0) is 0 Å². The average Bonchev–Trinajstić information content (AvgIpc) is 2.87. The van der Waals surface area contributed by atoms with E-state index in [1.54, 1.807) is 23.5 Å². The minimum Gasteiger partial charge on any atom is -0.508 e. The van der Waals surface area contributed by atoms with Crippen LogP contribution in [0, 0.1) is 0 Å². The predicted molar refractivity (Wildman–Crippen MR) is 82.0 cm³/mol. The van der Waals surface area contributed by atoms with Crippen molar-refractivity contribution >= 4 is 27.1 Å². The van der Waals surface area contributed by atoms with Gasteiger partial charge in [-0.1, -0.05) is 12.1 Å². The Kier molecular flexibility index (Phi) is 3.13. The Hall–Kier alpha value is -2.00. The number of thiophene rings is 1. The minimum absolute atomic E-state index is 0.205. The van der Waals surface area contributed by atoms with Gasteiger partial charge in [0.1, 0.15) is 5.75 Å². The van der Waals surface area contributed by atoms with Gasteiger partial charge in [0.2, 0.25) is 0 Å². The first kappa shape index (κ1) is 12.1. The molecule has 2 nitrogen and oxygen atoms in total. The number of anilines is 1. The molecule has 0 aliphatic carbocycles. The van der Waals surface area contributed by atoms with Gasteiger partial charge in [0.25, 0.3) is 0 Å². The van der Waals surface area contributed by atoms with Crippen molar-refractivity contribution in [3.63, 3.8) is 0 Å². The van der Waals surface area contributed by atoms with E-state index < -0.39 is 0 Å². The van der Waals surface area contributed by atoms with Crippen molar-refractivity contribution in [2.45, 2.75) is 13.0 Å². The van der Waals surface area contributed by atoms with Gasteiger partial charge in [-0.2, -0.15) is 0 Å². The monoisotopic (exact) mass is 269 g/mol. The van der Waals surface area contributed by atoms with Gasteiger partial charge in [0.15, 0.2) is 0 Å². The SMILES string of the molecule is CC(Nc1ccc2sccc2c1)c1ccc(O)cc1. The Labute approximate surface area is 116 Å². The van der Waals surface area contributed by atoms with Gasteiger partial charge in [-0.15, -0.1) is 11.3 Å². The zero-order valence-corrected chi connectivity index (χ0v) is 11.4. The van der Waals surface area contributed by atoms with Crippen LogP contribution in [0.4, 0.5) is 5.69 Å². The second-order valence-corrected chi connectivity index (χ2v) is 5.58. The fourth-order valence-corrected chi connectivity index (χ4v) is 2.92. The molecule has 2 aromatic carbocycles. The highest BCUT2D eigenvalue weighted by atomic mass is 32.1. The summed E-state index contributed by atoms with van der Waals surface area (Å²) in [6.07, 6.45) is 0. The molecule has 0 amide bonds. The van der Waals surface area contributed by atoms with Crippen LogP contribution >= 0.6 is 11.3 Å². The number of phenolic OH excluding ortho intramolecular Hbond substituents is 1. The first-order chi connectivity index (χ1) is 9.22. The lowest BCUT2D eigenvalue weighted by molar-refractivity contribution is 0.475. The van der Waals surface area contributed by atoms with E-state index >= 15 is 0 Å². The Morgan fingerprint density at radius 1 is 1.05 bits per heavy atom. The zero-order valence-electron chi connectivity index (χ0n) is 10.6. The third-order valence-electron chi connectivity index (χ3n) is 3.23. The van der Waals surface area contributed by atoms with Crippen LogP contribution in [0.1, 0.15) is 18.5 Å². The number of aromatic hydroxyl groups is 1. The van der Waals surface area contributed by atoms with Crippen LogP contribution in [0.2, 0.25) is 0 Å². The average molecular weight is 269 g/mol. The summed E-state index contributed by atoms with van der Waals surface area (Å²) in [6.45, 7) is 2.12. The van der Waals surface area contributed by atoms with Crippen molar-refractivity contribution < 1.29 is 5.11 Å². The fourth-order valence-electron chi connectivity index (χ4n) is 2.15. The number of phenols is 1. The standard InChI is InChI=1S/C16H15NOS/c1-11(12-2-5-15(18)6-3-12)17-14-4-7-16-13(10-14)8-9-19-16/h2-11,17-18H,1H3. The highest BCUT2D eigenvalue weighted by molar-refractivity contribution is 7.17. The fraction of sp³-hybridized carbons (Fsp3) is 0.125. The molecule has 3 aromatic rings. The third-order valence-corrected chi connectivity index (χ3v) is 4.13. The summed E-state index contributed by atoms with van der Waals surface area (Å²) in [5.41, 5.74) is 2.27. The number of hydrogen-bond donors (Lipinski definition) is 2. The van der Waals surface area contributed by atoms with Gasteiger partial charge < -0.3 is 10.4 Å². The van der Waals surface area contributed by atoms with E-state index in [-0.39, 0.29) is 6.04 Å². The molecule has 2 N–H and O–H groups in total. The molecule has 1 aromatic heterocycles. The summed E-state index contributed by atoms with van der Waals surface area (Å²) in [5.74, 6) is 0.302. The molecule has 1 atom stereocenters. The molecule has 0 saturated carbocycles. The smallest absolute Gasteiger partial charge is 0.115 e. The third kappa shape index (κ3) is 2.56. The first-order valence-corrected chi connectivity index (χ1v) is 7.13. The summed E-state index contributed by atoms with van der Waals surface area (Å²) < 4.78 is 1.31. The van der Waals surface area contributed by atoms with Gasteiger partial charge >= 0.3 is 0 Å². The quantitative estimate of drug-likeness (QED) is 0.717. The van der Waals surface area contributed by atoms with E-state index in [0.717, 1.165) is 11.3 Å². The number of fused-ring (bicyclic) bond motifs is 1. The molecule has 96 valence electrons. The van der Waals surface area contributed by atoms with Crippen LogP contribution in [-0.4, -0.2) is 5.11 Å². The van der Waals surface area contributed by atoms with Crippen molar-refractivity contribution in [3.05, 3.63) is 59.5 Å². The summed E-state index contributed by atoms with van der Waals surface area (Å²) >= 11 is 1.76.